The number of benzene rings is 2. The molecule has 1 amide bonds. The maximum Gasteiger partial charge on any atom is 0.338 e. The Bertz CT molecular complexity index is 928. The predicted octanol–water partition coefficient (Wildman–Crippen LogP) is 1.28. The number of nitrogens with two attached hydrogens (primary N) is 1. The molecule has 0 spiro atoms. The molecule has 10 heteroatoms. The lowest BCUT2D eigenvalue weighted by molar-refractivity contribution is -0.119. The van der Waals surface area contributed by atoms with Gasteiger partial charge in [0.05, 0.1) is 12.7 Å². The largest absolute Gasteiger partial charge is 0.495 e. The van der Waals surface area contributed by atoms with E-state index in [1.165, 1.54) is 31.4 Å². The van der Waals surface area contributed by atoms with Gasteiger partial charge >= 0.3 is 5.97 Å². The van der Waals surface area contributed by atoms with Gasteiger partial charge in [-0.05, 0) is 42.5 Å². The minimum atomic E-state index is -4.12. The number of nitrogens with one attached hydrogen (secondary N) is 1. The zero-order valence-electron chi connectivity index (χ0n) is 13.6. The standard InChI is InChI=1S/C16H15FN2O6S/c1-24-13-7-2-10(8-14(13)26(18,22)23)16(21)25-9-15(20)19-12-5-3-11(17)4-6-12/h2-8H,9H2,1H3,(H,19,20)(H2,18,22,23). The Morgan fingerprint density at radius 1 is 1.15 bits per heavy atom. The molecule has 0 aliphatic carbocycles. The summed E-state index contributed by atoms with van der Waals surface area (Å²) in [7, 11) is -2.87. The van der Waals surface area contributed by atoms with Crippen LogP contribution in [0.4, 0.5) is 10.1 Å². The topological polar surface area (TPSA) is 125 Å². The van der Waals surface area contributed by atoms with Crippen LogP contribution in [0.1, 0.15) is 10.4 Å². The molecule has 0 fully saturated rings. The molecule has 138 valence electrons. The molecule has 0 aromatic heterocycles. The van der Waals surface area contributed by atoms with E-state index in [1.54, 1.807) is 0 Å². The van der Waals surface area contributed by atoms with Crippen molar-refractivity contribution in [1.82, 2.24) is 0 Å². The number of ether oxygens (including phenoxy) is 2. The Morgan fingerprint density at radius 2 is 1.81 bits per heavy atom. The number of methoxy groups -OCH3 is 1. The maximum absolute atomic E-state index is 12.8. The van der Waals surface area contributed by atoms with Gasteiger partial charge in [-0.2, -0.15) is 0 Å². The molecule has 8 nitrogen and oxygen atoms in total. The van der Waals surface area contributed by atoms with E-state index >= 15 is 0 Å². The molecule has 3 N–H and O–H groups in total. The maximum atomic E-state index is 12.8. The number of hydrogen-bond acceptors (Lipinski definition) is 6. The van der Waals surface area contributed by atoms with Crippen LogP contribution in [0.25, 0.3) is 0 Å². The lowest BCUT2D eigenvalue weighted by Crippen LogP contribution is -2.21. The molecule has 0 aliphatic rings. The lowest BCUT2D eigenvalue weighted by atomic mass is 10.2. The first-order valence-electron chi connectivity index (χ1n) is 7.14. The Balaban J connectivity index is 2.03. The third-order valence-electron chi connectivity index (χ3n) is 3.17. The quantitative estimate of drug-likeness (QED) is 0.725. The monoisotopic (exact) mass is 382 g/mol. The van der Waals surface area contributed by atoms with Crippen LogP contribution in [0.3, 0.4) is 0 Å². The van der Waals surface area contributed by atoms with Crippen LogP contribution < -0.4 is 15.2 Å². The molecular weight excluding hydrogens is 367 g/mol. The molecule has 0 aliphatic heterocycles. The summed E-state index contributed by atoms with van der Waals surface area (Å²) >= 11 is 0. The summed E-state index contributed by atoms with van der Waals surface area (Å²) in [6, 6.07) is 8.52. The summed E-state index contributed by atoms with van der Waals surface area (Å²) in [4.78, 5) is 23.4. The lowest BCUT2D eigenvalue weighted by Gasteiger charge is -2.09. The van der Waals surface area contributed by atoms with Gasteiger partial charge in [0.2, 0.25) is 10.0 Å². The van der Waals surface area contributed by atoms with E-state index in [4.69, 9.17) is 14.6 Å². The van der Waals surface area contributed by atoms with Crippen LogP contribution in [0, 0.1) is 5.82 Å². The van der Waals surface area contributed by atoms with Crippen molar-refractivity contribution in [3.63, 3.8) is 0 Å². The van der Waals surface area contributed by atoms with Crippen LogP contribution in [-0.4, -0.2) is 34.0 Å². The van der Waals surface area contributed by atoms with Crippen molar-refractivity contribution < 1.29 is 31.9 Å². The minimum Gasteiger partial charge on any atom is -0.495 e. The van der Waals surface area contributed by atoms with E-state index in [9.17, 15) is 22.4 Å². The summed E-state index contributed by atoms with van der Waals surface area (Å²) in [6.07, 6.45) is 0. The van der Waals surface area contributed by atoms with E-state index in [-0.39, 0.29) is 16.2 Å². The van der Waals surface area contributed by atoms with Crippen molar-refractivity contribution in [2.45, 2.75) is 4.90 Å². The fraction of sp³-hybridized carbons (Fsp3) is 0.125. The van der Waals surface area contributed by atoms with Gasteiger partial charge in [0.25, 0.3) is 5.91 Å². The molecule has 2 aromatic rings. The van der Waals surface area contributed by atoms with Gasteiger partial charge in [0.15, 0.2) is 6.61 Å². The normalized spacial score (nSPS) is 10.9. The molecule has 0 radical (unpaired) electrons. The first-order chi connectivity index (χ1) is 12.2. The van der Waals surface area contributed by atoms with Crippen molar-refractivity contribution >= 4 is 27.6 Å². The fourth-order valence-electron chi connectivity index (χ4n) is 1.97. The number of hydrogen-bond donors (Lipinski definition) is 2. The Labute approximate surface area is 148 Å². The number of sulfonamides is 1. The first-order valence-corrected chi connectivity index (χ1v) is 8.68. The summed E-state index contributed by atoms with van der Waals surface area (Å²) in [6.45, 7) is -0.618. The third-order valence-corrected chi connectivity index (χ3v) is 4.10. The zero-order valence-corrected chi connectivity index (χ0v) is 14.4. The highest BCUT2D eigenvalue weighted by molar-refractivity contribution is 7.89. The highest BCUT2D eigenvalue weighted by Crippen LogP contribution is 2.24. The van der Waals surface area contributed by atoms with Crippen LogP contribution in [0.5, 0.6) is 5.75 Å². The Kier molecular flexibility index (Phi) is 5.90. The second-order valence-corrected chi connectivity index (χ2v) is 6.57. The Morgan fingerprint density at radius 3 is 2.38 bits per heavy atom. The van der Waals surface area contributed by atoms with Crippen molar-refractivity contribution in [3.8, 4) is 5.75 Å². The van der Waals surface area contributed by atoms with Gasteiger partial charge in [0.1, 0.15) is 16.5 Å². The number of carbonyl (C=O) groups is 2. The molecule has 0 saturated heterocycles. The SMILES string of the molecule is COc1ccc(C(=O)OCC(=O)Nc2ccc(F)cc2)cc1S(N)(=O)=O. The number of halogens is 1. The van der Waals surface area contributed by atoms with Gasteiger partial charge < -0.3 is 14.8 Å². The Hall–Kier alpha value is -2.98. The summed E-state index contributed by atoms with van der Waals surface area (Å²) in [5.74, 6) is -2.06. The molecule has 0 bridgehead atoms. The zero-order chi connectivity index (χ0) is 19.3. The average Bonchev–Trinajstić information content (AvgIpc) is 2.60. The average molecular weight is 382 g/mol. The van der Waals surface area contributed by atoms with E-state index in [2.05, 4.69) is 5.32 Å². The highest BCUT2D eigenvalue weighted by Gasteiger charge is 2.19. The second kappa shape index (κ2) is 7.93. The number of esters is 1. The minimum absolute atomic E-state index is 0.0295. The smallest absolute Gasteiger partial charge is 0.338 e. The van der Waals surface area contributed by atoms with Crippen LogP contribution in [0.2, 0.25) is 0 Å². The molecule has 0 saturated carbocycles. The van der Waals surface area contributed by atoms with Crippen LogP contribution in [-0.2, 0) is 19.6 Å². The van der Waals surface area contributed by atoms with Crippen LogP contribution in [0.15, 0.2) is 47.4 Å². The van der Waals surface area contributed by atoms with Crippen molar-refractivity contribution in [1.29, 1.82) is 0 Å². The number of rotatable bonds is 6. The molecule has 26 heavy (non-hydrogen) atoms. The van der Waals surface area contributed by atoms with Gasteiger partial charge in [-0.15, -0.1) is 0 Å². The summed E-state index contributed by atoms with van der Waals surface area (Å²) in [5.41, 5.74) is 0.206. The second-order valence-electron chi connectivity index (χ2n) is 5.04. The predicted molar refractivity (Wildman–Crippen MR) is 89.7 cm³/mol. The number of anilines is 1. The third kappa shape index (κ3) is 5.01. The van der Waals surface area contributed by atoms with E-state index < -0.39 is 34.3 Å². The van der Waals surface area contributed by atoms with Gasteiger partial charge in [-0.25, -0.2) is 22.7 Å². The van der Waals surface area contributed by atoms with E-state index in [1.807, 2.05) is 0 Å². The van der Waals surface area contributed by atoms with E-state index in [0.717, 1.165) is 18.2 Å². The molecular formula is C16H15FN2O6S. The molecule has 2 rings (SSSR count). The van der Waals surface area contributed by atoms with Gasteiger partial charge in [-0.3, -0.25) is 4.79 Å². The molecule has 0 heterocycles. The number of amides is 1. The fourth-order valence-corrected chi connectivity index (χ4v) is 2.69. The summed E-state index contributed by atoms with van der Waals surface area (Å²) in [5, 5.41) is 7.48. The molecule has 2 aromatic carbocycles. The van der Waals surface area contributed by atoms with Crippen LogP contribution >= 0.6 is 0 Å². The first kappa shape index (κ1) is 19.3. The highest BCUT2D eigenvalue weighted by atomic mass is 32.2. The summed E-state index contributed by atoms with van der Waals surface area (Å²) < 4.78 is 45.6. The van der Waals surface area contributed by atoms with Gasteiger partial charge in [-0.1, -0.05) is 0 Å². The van der Waals surface area contributed by atoms with Crippen molar-refractivity contribution in [2.75, 3.05) is 19.0 Å². The number of carbonyl (C=O) groups excluding carboxylic acids is 2. The molecule has 0 atom stereocenters. The van der Waals surface area contributed by atoms with Crippen molar-refractivity contribution in [2.24, 2.45) is 5.14 Å². The molecule has 0 unspecified atom stereocenters. The van der Waals surface area contributed by atoms with Gasteiger partial charge in [0, 0.05) is 5.69 Å². The van der Waals surface area contributed by atoms with E-state index in [0.29, 0.717) is 5.69 Å². The van der Waals surface area contributed by atoms with Crippen molar-refractivity contribution in [3.05, 3.63) is 53.8 Å². The number of primary sulfonamides is 1.